The number of hydrogen-bond acceptors (Lipinski definition) is 0. The van der Waals surface area contributed by atoms with Crippen molar-refractivity contribution in [1.82, 2.24) is 0 Å². The van der Waals surface area contributed by atoms with Crippen molar-refractivity contribution < 1.29 is 16.8 Å². The first kappa shape index (κ1) is 21.8. The molecule has 0 fully saturated rings. The molecule has 0 N–H and O–H groups in total. The van der Waals surface area contributed by atoms with E-state index >= 15 is 0 Å². The molecule has 2 aliphatic carbocycles. The summed E-state index contributed by atoms with van der Waals surface area (Å²) in [7, 11) is 0. The molecule has 2 rings (SSSR count). The third-order valence-electron chi connectivity index (χ3n) is 4.68. The van der Waals surface area contributed by atoms with Crippen LogP contribution in [0.15, 0.2) is 31.2 Å². The van der Waals surface area contributed by atoms with Gasteiger partial charge in [-0.3, -0.25) is 0 Å². The molecule has 0 nitrogen and oxygen atoms in total. The maximum absolute atomic E-state index is 3.14. The van der Waals surface area contributed by atoms with E-state index in [1.54, 1.807) is 0 Å². The van der Waals surface area contributed by atoms with Gasteiger partial charge in [-0.25, -0.2) is 0 Å². The van der Waals surface area contributed by atoms with Gasteiger partial charge in [0.05, 0.1) is 0 Å². The Kier molecular flexibility index (Phi) is 10.9. The molecular weight excluding hydrogens is 433 g/mol. The van der Waals surface area contributed by atoms with Gasteiger partial charge in [0.25, 0.3) is 0 Å². The molecule has 0 atom stereocenters. The first-order valence-corrected chi connectivity index (χ1v) is 9.33. The van der Waals surface area contributed by atoms with E-state index in [1.807, 2.05) is 0 Å². The minimum atomic E-state index is 0. The van der Waals surface area contributed by atoms with E-state index < -0.39 is 0 Å². The summed E-state index contributed by atoms with van der Waals surface area (Å²) in [6.07, 6.45) is 8.10. The molecule has 4 radical (unpaired) electrons. The van der Waals surface area contributed by atoms with Crippen molar-refractivity contribution in [2.75, 3.05) is 0 Å². The normalized spacial score (nSPS) is 24.0. The minimum absolute atomic E-state index is 0. The second-order valence-electron chi connectivity index (χ2n) is 5.89. The Morgan fingerprint density at radius 3 is 1.14 bits per heavy atom. The van der Waals surface area contributed by atoms with Gasteiger partial charge in [0.15, 0.2) is 0 Å². The fourth-order valence-corrected chi connectivity index (χ4v) is 3.64. The van der Waals surface area contributed by atoms with Crippen LogP contribution in [0.3, 0.4) is 0 Å². The molecule has 0 aliphatic heterocycles. The van der Waals surface area contributed by atoms with Crippen LogP contribution < -0.4 is 0 Å². The Morgan fingerprint density at radius 1 is 0.571 bits per heavy atom. The van der Waals surface area contributed by atoms with Crippen molar-refractivity contribution in [2.45, 2.75) is 73.1 Å². The SMILES string of the molecule is C[C]1C(C)=C(C)C(C)=C1C.[Co].[Se]/C1=C(\[Se])CCCCCC1. The van der Waals surface area contributed by atoms with Gasteiger partial charge < -0.3 is 0 Å². The van der Waals surface area contributed by atoms with Gasteiger partial charge >= 0.3 is 79.5 Å². The van der Waals surface area contributed by atoms with Gasteiger partial charge in [0.1, 0.15) is 0 Å². The topological polar surface area (TPSA) is 0 Å². The average molecular weight is 460 g/mol. The summed E-state index contributed by atoms with van der Waals surface area (Å²) in [6, 6.07) is 0. The predicted octanol–water partition coefficient (Wildman–Crippen LogP) is 5.15. The second-order valence-corrected chi connectivity index (χ2v) is 7.95. The van der Waals surface area contributed by atoms with Gasteiger partial charge in [0, 0.05) is 22.7 Å². The third-order valence-corrected chi connectivity index (χ3v) is 7.23. The van der Waals surface area contributed by atoms with E-state index in [0.717, 1.165) is 0 Å². The molecule has 2 aliphatic rings. The standard InChI is InChI=1S/C10H15.C8H12Se2.Co/c1-6-7(2)9(4)10(5)8(6)3;9-7-5-3-1-2-4-6-8(7)10;/h1-5H3;1-6H2;/b;8-7-;. The van der Waals surface area contributed by atoms with Crippen LogP contribution in [0.2, 0.25) is 0 Å². The maximum atomic E-state index is 3.14. The molecule has 0 aromatic rings. The number of hydrogen-bond donors (Lipinski definition) is 0. The quantitative estimate of drug-likeness (QED) is 0.439. The Balaban J connectivity index is 0.000000364. The Morgan fingerprint density at radius 2 is 0.905 bits per heavy atom. The van der Waals surface area contributed by atoms with Crippen LogP contribution in [0.4, 0.5) is 0 Å². The molecule has 0 bridgehead atoms. The van der Waals surface area contributed by atoms with E-state index in [4.69, 9.17) is 0 Å². The number of allylic oxidation sites excluding steroid dienone is 6. The third kappa shape index (κ3) is 6.41. The molecule has 0 spiro atoms. The van der Waals surface area contributed by atoms with Crippen LogP contribution in [0.1, 0.15) is 73.1 Å². The Bertz CT molecular complexity index is 404. The predicted molar refractivity (Wildman–Crippen MR) is 91.9 cm³/mol. The van der Waals surface area contributed by atoms with Crippen LogP contribution in [0, 0.1) is 5.92 Å². The molecule has 0 saturated carbocycles. The molecule has 0 amide bonds. The number of rotatable bonds is 0. The van der Waals surface area contributed by atoms with E-state index in [1.165, 1.54) is 75.7 Å². The molecular formula is C18H27CoSe2. The van der Waals surface area contributed by atoms with Gasteiger partial charge in [-0.15, -0.1) is 0 Å². The van der Waals surface area contributed by atoms with Gasteiger partial charge in [-0.1, -0.05) is 18.1 Å². The monoisotopic (exact) mass is 462 g/mol. The summed E-state index contributed by atoms with van der Waals surface area (Å²) in [6.45, 7) is 11.0. The summed E-state index contributed by atoms with van der Waals surface area (Å²) in [5, 5.41) is 0. The Hall–Kier alpha value is 0.765. The van der Waals surface area contributed by atoms with Crippen LogP contribution in [0.25, 0.3) is 0 Å². The van der Waals surface area contributed by atoms with Gasteiger partial charge in [0.2, 0.25) is 0 Å². The zero-order valence-electron chi connectivity index (χ0n) is 13.9. The molecule has 120 valence electrons. The zero-order valence-corrected chi connectivity index (χ0v) is 18.4. The summed E-state index contributed by atoms with van der Waals surface area (Å²) >= 11 is 6.29. The van der Waals surface area contributed by atoms with Crippen molar-refractivity contribution in [3.8, 4) is 0 Å². The van der Waals surface area contributed by atoms with Crippen LogP contribution >= 0.6 is 0 Å². The molecule has 21 heavy (non-hydrogen) atoms. The molecule has 0 aromatic carbocycles. The van der Waals surface area contributed by atoms with Crippen LogP contribution in [0.5, 0.6) is 0 Å². The second kappa shape index (κ2) is 10.5. The van der Waals surface area contributed by atoms with E-state index in [2.05, 4.69) is 66.6 Å². The van der Waals surface area contributed by atoms with E-state index in [0.29, 0.717) is 0 Å². The molecule has 0 saturated heterocycles. The average Bonchev–Trinajstić information content (AvgIpc) is 2.59. The molecule has 0 heterocycles. The molecule has 3 heteroatoms. The van der Waals surface area contributed by atoms with Crippen molar-refractivity contribution in [2.24, 2.45) is 0 Å². The zero-order chi connectivity index (χ0) is 15.3. The molecule has 0 unspecified atom stereocenters. The van der Waals surface area contributed by atoms with Crippen molar-refractivity contribution in [3.63, 3.8) is 0 Å². The summed E-state index contributed by atoms with van der Waals surface area (Å²) in [4.78, 5) is 0. The first-order valence-electron chi connectivity index (χ1n) is 7.62. The summed E-state index contributed by atoms with van der Waals surface area (Å²) in [5.74, 6) is 1.47. The van der Waals surface area contributed by atoms with Crippen molar-refractivity contribution in [1.29, 1.82) is 0 Å². The van der Waals surface area contributed by atoms with E-state index in [-0.39, 0.29) is 16.8 Å². The Labute approximate surface area is 158 Å². The summed E-state index contributed by atoms with van der Waals surface area (Å²) in [5.41, 5.74) is 5.87. The molecule has 0 aromatic heterocycles. The van der Waals surface area contributed by atoms with Crippen molar-refractivity contribution >= 4 is 32.0 Å². The fraction of sp³-hybridized carbons (Fsp3) is 0.611. The van der Waals surface area contributed by atoms with Gasteiger partial charge in [-0.2, -0.15) is 0 Å². The summed E-state index contributed by atoms with van der Waals surface area (Å²) < 4.78 is 2.94. The van der Waals surface area contributed by atoms with Gasteiger partial charge in [-0.05, 0) is 38.8 Å². The van der Waals surface area contributed by atoms with Crippen LogP contribution in [-0.4, -0.2) is 32.0 Å². The first-order chi connectivity index (χ1) is 9.36. The van der Waals surface area contributed by atoms with E-state index in [9.17, 15) is 0 Å². The van der Waals surface area contributed by atoms with Crippen molar-refractivity contribution in [3.05, 3.63) is 37.2 Å². The van der Waals surface area contributed by atoms with Crippen LogP contribution in [-0.2, 0) is 16.8 Å². The fourth-order valence-electron chi connectivity index (χ4n) is 2.61.